The van der Waals surface area contributed by atoms with Crippen LogP contribution in [0.2, 0.25) is 19.1 Å². The first-order chi connectivity index (χ1) is 13.1. The summed E-state index contributed by atoms with van der Waals surface area (Å²) in [5.41, 5.74) is 2.57. The summed E-state index contributed by atoms with van der Waals surface area (Å²) in [5.74, 6) is 0.983. The third-order valence-electron chi connectivity index (χ3n) is 5.53. The summed E-state index contributed by atoms with van der Waals surface area (Å²) in [6.07, 6.45) is 9.03. The molecule has 0 spiro atoms. The van der Waals surface area contributed by atoms with E-state index in [0.717, 1.165) is 18.8 Å². The van der Waals surface area contributed by atoms with Crippen LogP contribution in [0.15, 0.2) is 48.5 Å². The average molecular weight is 383 g/mol. The molecule has 0 N–H and O–H groups in total. The lowest BCUT2D eigenvalue weighted by molar-refractivity contribution is 0.305. The molecule has 0 aliphatic carbocycles. The third kappa shape index (κ3) is 7.18. The van der Waals surface area contributed by atoms with Crippen molar-refractivity contribution in [3.8, 4) is 16.9 Å². The van der Waals surface area contributed by atoms with E-state index >= 15 is 0 Å². The van der Waals surface area contributed by atoms with Crippen molar-refractivity contribution in [2.75, 3.05) is 6.61 Å². The Kier molecular flexibility index (Phi) is 9.13. The highest BCUT2D eigenvalue weighted by atomic mass is 28.3. The summed E-state index contributed by atoms with van der Waals surface area (Å²) < 4.78 is 5.86. The lowest BCUT2D eigenvalue weighted by Gasteiger charge is -2.23. The zero-order valence-corrected chi connectivity index (χ0v) is 18.9. The van der Waals surface area contributed by atoms with Crippen LogP contribution in [-0.4, -0.2) is 14.7 Å². The summed E-state index contributed by atoms with van der Waals surface area (Å²) in [6.45, 7) is 10.4. The molecule has 27 heavy (non-hydrogen) atoms. The minimum atomic E-state index is -1.29. The Balaban J connectivity index is 1.92. The van der Waals surface area contributed by atoms with Crippen molar-refractivity contribution in [2.45, 2.75) is 77.9 Å². The van der Waals surface area contributed by atoms with Gasteiger partial charge in [0.25, 0.3) is 0 Å². The average Bonchev–Trinajstić information content (AvgIpc) is 2.68. The predicted octanol–water partition coefficient (Wildman–Crippen LogP) is 7.42. The van der Waals surface area contributed by atoms with Gasteiger partial charge in [-0.3, -0.25) is 0 Å². The summed E-state index contributed by atoms with van der Waals surface area (Å²) in [5, 5.41) is 1.58. The molecular formula is C25H38OSi. The smallest absolute Gasteiger partial charge is 0.119 e. The minimum absolute atomic E-state index is 0.825. The summed E-state index contributed by atoms with van der Waals surface area (Å²) >= 11 is 0. The Bertz CT molecular complexity index is 643. The van der Waals surface area contributed by atoms with Gasteiger partial charge in [-0.2, -0.15) is 0 Å². The van der Waals surface area contributed by atoms with Gasteiger partial charge in [-0.1, -0.05) is 113 Å². The first-order valence-corrected chi connectivity index (χ1v) is 14.1. The monoisotopic (exact) mass is 382 g/mol. The molecule has 148 valence electrons. The molecule has 0 radical (unpaired) electrons. The molecule has 0 aromatic heterocycles. The Morgan fingerprint density at radius 3 is 1.81 bits per heavy atom. The topological polar surface area (TPSA) is 9.23 Å². The van der Waals surface area contributed by atoms with E-state index in [1.54, 1.807) is 5.19 Å². The second-order valence-electron chi connectivity index (χ2n) is 8.35. The van der Waals surface area contributed by atoms with E-state index in [-0.39, 0.29) is 0 Å². The van der Waals surface area contributed by atoms with Crippen molar-refractivity contribution in [1.29, 1.82) is 0 Å². The van der Waals surface area contributed by atoms with Crippen molar-refractivity contribution in [3.63, 3.8) is 0 Å². The van der Waals surface area contributed by atoms with Gasteiger partial charge in [-0.25, -0.2) is 0 Å². The maximum atomic E-state index is 5.86. The van der Waals surface area contributed by atoms with Crippen molar-refractivity contribution < 1.29 is 4.74 Å². The van der Waals surface area contributed by atoms with Crippen molar-refractivity contribution in [2.24, 2.45) is 0 Å². The molecule has 0 heterocycles. The fraction of sp³-hybridized carbons (Fsp3) is 0.520. The van der Waals surface area contributed by atoms with E-state index in [0.29, 0.717) is 0 Å². The number of hydrogen-bond acceptors (Lipinski definition) is 1. The van der Waals surface area contributed by atoms with E-state index in [1.807, 2.05) is 0 Å². The quantitative estimate of drug-likeness (QED) is 0.274. The van der Waals surface area contributed by atoms with Gasteiger partial charge in [0, 0.05) is 0 Å². The Morgan fingerprint density at radius 2 is 1.22 bits per heavy atom. The molecule has 2 heteroatoms. The Morgan fingerprint density at radius 1 is 0.667 bits per heavy atom. The fourth-order valence-electron chi connectivity index (χ4n) is 3.54. The molecule has 2 aromatic carbocycles. The summed E-state index contributed by atoms with van der Waals surface area (Å²) in [4.78, 5) is 0. The Labute approximate surface area is 168 Å². The molecule has 0 unspecified atom stereocenters. The van der Waals surface area contributed by atoms with E-state index in [1.165, 1.54) is 55.7 Å². The highest BCUT2D eigenvalue weighted by molar-refractivity contribution is 6.89. The molecule has 0 saturated heterocycles. The van der Waals surface area contributed by atoms with Gasteiger partial charge >= 0.3 is 0 Å². The van der Waals surface area contributed by atoms with Crippen LogP contribution in [0, 0.1) is 0 Å². The summed E-state index contributed by atoms with van der Waals surface area (Å²) in [7, 11) is -1.29. The van der Waals surface area contributed by atoms with Crippen LogP contribution in [0.5, 0.6) is 5.75 Å². The van der Waals surface area contributed by atoms with E-state index < -0.39 is 8.07 Å². The van der Waals surface area contributed by atoms with Crippen LogP contribution in [0.1, 0.15) is 58.8 Å². The van der Waals surface area contributed by atoms with E-state index in [4.69, 9.17) is 4.74 Å². The maximum Gasteiger partial charge on any atom is 0.119 e. The van der Waals surface area contributed by atoms with Crippen LogP contribution < -0.4 is 9.92 Å². The van der Waals surface area contributed by atoms with Crippen LogP contribution >= 0.6 is 0 Å². The molecule has 0 amide bonds. The number of hydrogen-bond donors (Lipinski definition) is 0. The largest absolute Gasteiger partial charge is 0.494 e. The standard InChI is InChI=1S/C25H38OSi/c1-5-7-9-10-20-26-24-16-12-22(13-17-24)23-14-18-25(19-15-23)27(3,4)21-11-8-6-2/h12-19H,5-11,20-21H2,1-4H3. The minimum Gasteiger partial charge on any atom is -0.494 e. The fourth-order valence-corrected chi connectivity index (χ4v) is 6.03. The normalized spacial score (nSPS) is 11.6. The Hall–Kier alpha value is -1.54. The number of rotatable bonds is 12. The molecule has 2 rings (SSSR count). The highest BCUT2D eigenvalue weighted by Crippen LogP contribution is 2.23. The molecule has 0 saturated carbocycles. The SMILES string of the molecule is CCCCCCOc1ccc(-c2ccc([Si](C)(C)CCCCC)cc2)cc1. The molecule has 0 aliphatic heterocycles. The highest BCUT2D eigenvalue weighted by Gasteiger charge is 2.22. The van der Waals surface area contributed by atoms with Crippen molar-refractivity contribution >= 4 is 13.3 Å². The molecular weight excluding hydrogens is 344 g/mol. The van der Waals surface area contributed by atoms with Crippen LogP contribution in [0.25, 0.3) is 11.1 Å². The van der Waals surface area contributed by atoms with Gasteiger partial charge in [0.1, 0.15) is 5.75 Å². The van der Waals surface area contributed by atoms with E-state index in [9.17, 15) is 0 Å². The van der Waals surface area contributed by atoms with Crippen molar-refractivity contribution in [3.05, 3.63) is 48.5 Å². The third-order valence-corrected chi connectivity index (χ3v) is 9.03. The molecule has 2 aromatic rings. The van der Waals surface area contributed by atoms with Gasteiger partial charge < -0.3 is 4.74 Å². The lowest BCUT2D eigenvalue weighted by atomic mass is 10.1. The van der Waals surface area contributed by atoms with Crippen LogP contribution in [0.4, 0.5) is 0 Å². The predicted molar refractivity (Wildman–Crippen MR) is 123 cm³/mol. The molecule has 0 aliphatic rings. The number of ether oxygens (including phenoxy) is 1. The number of benzene rings is 2. The van der Waals surface area contributed by atoms with Crippen molar-refractivity contribution in [1.82, 2.24) is 0 Å². The zero-order chi connectivity index (χ0) is 19.5. The number of unbranched alkanes of at least 4 members (excludes halogenated alkanes) is 5. The molecule has 0 fully saturated rings. The van der Waals surface area contributed by atoms with Gasteiger partial charge in [-0.05, 0) is 29.7 Å². The zero-order valence-electron chi connectivity index (χ0n) is 17.9. The van der Waals surface area contributed by atoms with Gasteiger partial charge in [0.2, 0.25) is 0 Å². The molecule has 0 atom stereocenters. The van der Waals surface area contributed by atoms with Gasteiger partial charge in [0.15, 0.2) is 0 Å². The second-order valence-corrected chi connectivity index (χ2v) is 13.2. The van der Waals surface area contributed by atoms with Gasteiger partial charge in [-0.15, -0.1) is 0 Å². The van der Waals surface area contributed by atoms with Crippen LogP contribution in [-0.2, 0) is 0 Å². The first-order valence-electron chi connectivity index (χ1n) is 10.9. The maximum absolute atomic E-state index is 5.86. The molecule has 1 nitrogen and oxygen atoms in total. The second kappa shape index (κ2) is 11.3. The summed E-state index contributed by atoms with van der Waals surface area (Å²) in [6, 6.07) is 19.3. The van der Waals surface area contributed by atoms with Crippen LogP contribution in [0.3, 0.4) is 0 Å². The van der Waals surface area contributed by atoms with E-state index in [2.05, 4.69) is 75.5 Å². The van der Waals surface area contributed by atoms with Gasteiger partial charge in [0.05, 0.1) is 14.7 Å². The lowest BCUT2D eigenvalue weighted by Crippen LogP contribution is -2.40. The first kappa shape index (κ1) is 21.8. The molecule has 0 bridgehead atoms.